The fourth-order valence-corrected chi connectivity index (χ4v) is 3.97. The summed E-state index contributed by atoms with van der Waals surface area (Å²) in [5.74, 6) is 2.01. The van der Waals surface area contributed by atoms with Crippen LogP contribution < -0.4 is 10.5 Å². The van der Waals surface area contributed by atoms with Crippen LogP contribution in [0.25, 0.3) is 0 Å². The smallest absolute Gasteiger partial charge is 0.244 e. The Morgan fingerprint density at radius 3 is 2.53 bits per heavy atom. The van der Waals surface area contributed by atoms with E-state index in [2.05, 4.69) is 4.72 Å². The Kier molecular flexibility index (Phi) is 6.38. The Morgan fingerprint density at radius 1 is 1.26 bits per heavy atom. The first kappa shape index (κ1) is 16.6. The van der Waals surface area contributed by atoms with Gasteiger partial charge >= 0.3 is 0 Å². The van der Waals surface area contributed by atoms with E-state index in [1.807, 2.05) is 6.26 Å². The summed E-state index contributed by atoms with van der Waals surface area (Å²) in [4.78, 5) is 0.206. The number of hydrogen-bond acceptors (Lipinski definition) is 5. The van der Waals surface area contributed by atoms with Crippen LogP contribution in [0.3, 0.4) is 0 Å². The Bertz CT molecular complexity index is 509. The van der Waals surface area contributed by atoms with Gasteiger partial charge in [-0.3, -0.25) is 0 Å². The Balaban J connectivity index is 2.77. The van der Waals surface area contributed by atoms with Crippen LogP contribution in [0.2, 0.25) is 0 Å². The molecule has 0 fully saturated rings. The molecular weight excluding hydrogens is 284 g/mol. The Morgan fingerprint density at radius 2 is 1.95 bits per heavy atom. The lowest BCUT2D eigenvalue weighted by Gasteiger charge is -2.07. The number of nitrogens with two attached hydrogens (primary N) is 1. The third-order valence-corrected chi connectivity index (χ3v) is 5.22. The highest BCUT2D eigenvalue weighted by molar-refractivity contribution is 7.98. The summed E-state index contributed by atoms with van der Waals surface area (Å²) < 4.78 is 32.5. The van der Waals surface area contributed by atoms with Crippen molar-refractivity contribution in [2.75, 3.05) is 18.6 Å². The molecule has 0 aliphatic rings. The molecule has 110 valence electrons. The number of rotatable bonds is 8. The molecule has 0 unspecified atom stereocenters. The van der Waals surface area contributed by atoms with E-state index in [4.69, 9.17) is 10.2 Å². The highest BCUT2D eigenvalue weighted by Crippen LogP contribution is 2.25. The summed E-state index contributed by atoms with van der Waals surface area (Å²) in [5, 5.41) is 0. The lowest BCUT2D eigenvalue weighted by molar-refractivity contribution is 0.494. The third-order valence-electron chi connectivity index (χ3n) is 2.87. The van der Waals surface area contributed by atoms with Crippen LogP contribution in [0.1, 0.15) is 29.9 Å². The molecule has 5 nitrogen and oxygen atoms in total. The summed E-state index contributed by atoms with van der Waals surface area (Å²) in [6.45, 7) is 3.98. The minimum Gasteiger partial charge on any atom is -0.465 e. The average Bonchev–Trinajstić information content (AvgIpc) is 2.63. The van der Waals surface area contributed by atoms with Crippen LogP contribution in [-0.4, -0.2) is 27.0 Å². The first-order valence-electron chi connectivity index (χ1n) is 6.21. The van der Waals surface area contributed by atoms with Crippen LogP contribution in [0, 0.1) is 13.8 Å². The molecule has 1 rings (SSSR count). The zero-order valence-electron chi connectivity index (χ0n) is 11.7. The van der Waals surface area contributed by atoms with E-state index in [-0.39, 0.29) is 11.4 Å². The number of aryl methyl sites for hydroxylation is 2. The predicted octanol–water partition coefficient (Wildman–Crippen LogP) is 1.78. The highest BCUT2D eigenvalue weighted by Gasteiger charge is 2.25. The minimum atomic E-state index is -3.53. The van der Waals surface area contributed by atoms with Gasteiger partial charge in [0.15, 0.2) is 0 Å². The van der Waals surface area contributed by atoms with Crippen LogP contribution in [-0.2, 0) is 16.6 Å². The van der Waals surface area contributed by atoms with Crippen LogP contribution >= 0.6 is 11.8 Å². The van der Waals surface area contributed by atoms with Crippen molar-refractivity contribution in [1.29, 1.82) is 0 Å². The van der Waals surface area contributed by atoms with Gasteiger partial charge in [-0.2, -0.15) is 11.8 Å². The number of sulfonamides is 1. The largest absolute Gasteiger partial charge is 0.465 e. The lowest BCUT2D eigenvalue weighted by atomic mass is 10.2. The lowest BCUT2D eigenvalue weighted by Crippen LogP contribution is -2.26. The standard InChI is InChI=1S/C12H22N2O3S2/c1-9-11(8-13)12(10(2)17-9)19(15,16)14-6-4-5-7-18-3/h14H,4-8,13H2,1-3H3. The van der Waals surface area contributed by atoms with Gasteiger partial charge in [0, 0.05) is 18.7 Å². The fraction of sp³-hybridized carbons (Fsp3) is 0.667. The van der Waals surface area contributed by atoms with Gasteiger partial charge in [0.1, 0.15) is 16.4 Å². The van der Waals surface area contributed by atoms with Crippen molar-refractivity contribution >= 4 is 21.8 Å². The van der Waals surface area contributed by atoms with Crippen molar-refractivity contribution in [2.24, 2.45) is 5.73 Å². The predicted molar refractivity (Wildman–Crippen MR) is 78.9 cm³/mol. The normalized spacial score (nSPS) is 12.0. The van der Waals surface area contributed by atoms with Crippen LogP contribution in [0.15, 0.2) is 9.31 Å². The monoisotopic (exact) mass is 306 g/mol. The molecule has 19 heavy (non-hydrogen) atoms. The molecule has 3 N–H and O–H groups in total. The molecule has 0 bridgehead atoms. The molecule has 1 aromatic heterocycles. The number of furan rings is 1. The average molecular weight is 306 g/mol. The van der Waals surface area contributed by atoms with Crippen molar-refractivity contribution in [3.8, 4) is 0 Å². The Hall–Kier alpha value is -0.500. The van der Waals surface area contributed by atoms with Crippen molar-refractivity contribution in [2.45, 2.75) is 38.1 Å². The van der Waals surface area contributed by atoms with Gasteiger partial charge in [-0.1, -0.05) is 0 Å². The summed E-state index contributed by atoms with van der Waals surface area (Å²) in [7, 11) is -3.53. The van der Waals surface area contributed by atoms with E-state index >= 15 is 0 Å². The molecule has 0 radical (unpaired) electrons. The van der Waals surface area contributed by atoms with Gasteiger partial charge in [-0.25, -0.2) is 13.1 Å². The van der Waals surface area contributed by atoms with E-state index in [9.17, 15) is 8.42 Å². The topological polar surface area (TPSA) is 85.3 Å². The van der Waals surface area contributed by atoms with E-state index in [0.717, 1.165) is 18.6 Å². The number of unbranched alkanes of at least 4 members (excludes halogenated alkanes) is 1. The maximum absolute atomic E-state index is 12.2. The quantitative estimate of drug-likeness (QED) is 0.715. The number of thioether (sulfide) groups is 1. The molecule has 0 aliphatic heterocycles. The summed E-state index contributed by atoms with van der Waals surface area (Å²) >= 11 is 1.76. The first-order chi connectivity index (χ1) is 8.94. The Labute approximate surface area is 119 Å². The molecule has 0 saturated carbocycles. The third kappa shape index (κ3) is 4.24. The van der Waals surface area contributed by atoms with Crippen molar-refractivity contribution in [1.82, 2.24) is 4.72 Å². The maximum Gasteiger partial charge on any atom is 0.244 e. The van der Waals surface area contributed by atoms with Crippen molar-refractivity contribution < 1.29 is 12.8 Å². The minimum absolute atomic E-state index is 0.159. The van der Waals surface area contributed by atoms with Crippen molar-refractivity contribution in [3.63, 3.8) is 0 Å². The number of hydrogen-bond donors (Lipinski definition) is 2. The van der Waals surface area contributed by atoms with Gasteiger partial charge in [0.2, 0.25) is 10.0 Å². The SMILES string of the molecule is CSCCCCNS(=O)(=O)c1c(C)oc(C)c1CN. The molecule has 1 heterocycles. The molecule has 0 spiro atoms. The zero-order valence-corrected chi connectivity index (χ0v) is 13.3. The van der Waals surface area contributed by atoms with E-state index in [1.165, 1.54) is 0 Å². The maximum atomic E-state index is 12.2. The second-order valence-electron chi connectivity index (χ2n) is 4.32. The van der Waals surface area contributed by atoms with E-state index in [0.29, 0.717) is 23.6 Å². The fourth-order valence-electron chi connectivity index (χ4n) is 1.95. The van der Waals surface area contributed by atoms with Crippen LogP contribution in [0.4, 0.5) is 0 Å². The second kappa shape index (κ2) is 7.33. The second-order valence-corrected chi connectivity index (χ2v) is 7.01. The molecule has 0 saturated heterocycles. The van der Waals surface area contributed by atoms with E-state index < -0.39 is 10.0 Å². The molecule has 0 aliphatic carbocycles. The summed E-state index contributed by atoms with van der Waals surface area (Å²) in [6.07, 6.45) is 3.86. The zero-order chi connectivity index (χ0) is 14.5. The molecule has 0 atom stereocenters. The molecule has 0 aromatic carbocycles. The van der Waals surface area contributed by atoms with Gasteiger partial charge < -0.3 is 10.2 Å². The molecular formula is C12H22N2O3S2. The molecule has 1 aromatic rings. The first-order valence-corrected chi connectivity index (χ1v) is 9.09. The van der Waals surface area contributed by atoms with Gasteiger partial charge in [0.05, 0.1) is 0 Å². The van der Waals surface area contributed by atoms with Crippen molar-refractivity contribution in [3.05, 3.63) is 17.1 Å². The summed E-state index contributed by atoms with van der Waals surface area (Å²) in [5.41, 5.74) is 6.16. The molecule has 0 amide bonds. The van der Waals surface area contributed by atoms with Gasteiger partial charge in [0.25, 0.3) is 0 Å². The van der Waals surface area contributed by atoms with Gasteiger partial charge in [-0.05, 0) is 38.7 Å². The van der Waals surface area contributed by atoms with Crippen LogP contribution in [0.5, 0.6) is 0 Å². The van der Waals surface area contributed by atoms with Gasteiger partial charge in [-0.15, -0.1) is 0 Å². The van der Waals surface area contributed by atoms with E-state index in [1.54, 1.807) is 25.6 Å². The summed E-state index contributed by atoms with van der Waals surface area (Å²) in [6, 6.07) is 0. The highest BCUT2D eigenvalue weighted by atomic mass is 32.2. The molecule has 7 heteroatoms. The number of nitrogens with one attached hydrogen (secondary N) is 1.